The smallest absolute Gasteiger partial charge is 0.469 e. The Bertz CT molecular complexity index is 1670. The number of phosphoric acid groups is 1. The number of phosphoric ester groups is 1. The van der Waals surface area contributed by atoms with Gasteiger partial charge in [-0.15, -0.1) is 0 Å². The molecule has 0 bridgehead atoms. The number of likely N-dealkylation sites (tertiary alicyclic amines) is 2. The Balaban J connectivity index is 1.17. The van der Waals surface area contributed by atoms with Crippen LogP contribution in [0.3, 0.4) is 0 Å². The Labute approximate surface area is 358 Å². The average molecular weight is 909 g/mol. The number of hydrogen-bond acceptors (Lipinski definition) is 6. The van der Waals surface area contributed by atoms with Crippen molar-refractivity contribution in [3.8, 4) is 5.75 Å². The average Bonchev–Trinajstić information content (AvgIpc) is 3.41. The van der Waals surface area contributed by atoms with Crippen molar-refractivity contribution in [3.05, 3.63) is 29.3 Å². The molecule has 2 heterocycles. The van der Waals surface area contributed by atoms with Crippen molar-refractivity contribution >= 4 is 43.6 Å². The van der Waals surface area contributed by atoms with Crippen LogP contribution in [-0.2, 0) is 32.1 Å². The lowest BCUT2D eigenvalue weighted by molar-refractivity contribution is -0.124. The van der Waals surface area contributed by atoms with Gasteiger partial charge in [0, 0.05) is 31.0 Å². The minimum atomic E-state index is -4.71. The van der Waals surface area contributed by atoms with Gasteiger partial charge in [-0.3, -0.25) is 4.52 Å². The molecule has 2 aliphatic heterocycles. The lowest BCUT2D eigenvalue weighted by atomic mass is 9.40. The predicted octanol–water partition coefficient (Wildman–Crippen LogP) is 9.99. The molecule has 5 aliphatic rings. The van der Waals surface area contributed by atoms with Crippen molar-refractivity contribution in [2.75, 3.05) is 31.9 Å². The van der Waals surface area contributed by atoms with E-state index in [2.05, 4.69) is 44.7 Å². The van der Waals surface area contributed by atoms with E-state index >= 15 is 0 Å². The normalized spacial score (nSPS) is 32.5. The number of carbonyl (C=O) groups excluding carboxylic acids is 1. The third-order valence-electron chi connectivity index (χ3n) is 15.8. The lowest BCUT2D eigenvalue weighted by Gasteiger charge is -2.64. The fourth-order valence-electron chi connectivity index (χ4n) is 12.4. The van der Waals surface area contributed by atoms with Gasteiger partial charge < -0.3 is 28.9 Å². The zero-order valence-electron chi connectivity index (χ0n) is 35.8. The van der Waals surface area contributed by atoms with E-state index in [1.54, 1.807) is 0 Å². The first-order valence-electron chi connectivity index (χ1n) is 22.1. The number of amides is 1. The molecule has 2 N–H and O–H groups in total. The molecule has 11 atom stereocenters. The summed E-state index contributed by atoms with van der Waals surface area (Å²) in [6.45, 7) is 14.5. The minimum Gasteiger partial charge on any atom is -0.616 e. The molecule has 59 heavy (non-hydrogen) atoms. The molecule has 0 radical (unpaired) electrons. The summed E-state index contributed by atoms with van der Waals surface area (Å²) in [6.07, 6.45) is 10.2. The van der Waals surface area contributed by atoms with Crippen molar-refractivity contribution in [2.45, 2.75) is 165 Å². The molecule has 9 nitrogen and oxygen atoms in total. The van der Waals surface area contributed by atoms with Crippen molar-refractivity contribution < 1.29 is 46.1 Å². The van der Waals surface area contributed by atoms with Crippen LogP contribution in [0, 0.1) is 28.6 Å². The van der Waals surface area contributed by atoms with Crippen molar-refractivity contribution in [3.63, 3.8) is 0 Å². The van der Waals surface area contributed by atoms with Crippen molar-refractivity contribution in [2.24, 2.45) is 28.6 Å². The molecule has 1 aromatic carbocycles. The number of fused-ring (bicyclic) bond motifs is 5. The highest BCUT2D eigenvalue weighted by atomic mass is 32.2. The standard InChI is InChI=1S/C43H70F3N2O7P3S/c1-29(26-30(2)59(53)25-9-17-42(44,45)43(46,56)57)10-11-31-27-32-28-34(54-38(49)48-23-15-33(16-24-48)47-21-7-6-8-22-47)12-13-35(32)39(3)19-20-40(4)36(55-58(50,51)52)14-18-41(40,5)37(31)39/h12-13,28-31,33,36-37H,6-11,14-27,56-57H2,1-5H3,(H2,50,51,52)/t29?,30?,31-,36+,37-,39-,40-,41+,59?/m1/s1. The van der Waals surface area contributed by atoms with E-state index in [-0.39, 0.29) is 52.1 Å². The van der Waals surface area contributed by atoms with Gasteiger partial charge in [0.25, 0.3) is 5.92 Å². The molecule has 1 aromatic rings. The molecule has 0 aromatic heterocycles. The number of halogens is 3. The third-order valence-corrected chi connectivity index (χ3v) is 19.0. The molecule has 4 fully saturated rings. The third kappa shape index (κ3) is 10.4. The highest BCUT2D eigenvalue weighted by Crippen LogP contribution is 2.72. The van der Waals surface area contributed by atoms with E-state index in [1.807, 2.05) is 17.9 Å². The Morgan fingerprint density at radius 1 is 1.02 bits per heavy atom. The summed E-state index contributed by atoms with van der Waals surface area (Å²) in [6, 6.07) is 6.67. The van der Waals surface area contributed by atoms with E-state index in [9.17, 15) is 36.9 Å². The highest BCUT2D eigenvalue weighted by Gasteiger charge is 2.68. The highest BCUT2D eigenvalue weighted by molar-refractivity contribution is 7.91. The second-order valence-corrected chi connectivity index (χ2v) is 25.2. The van der Waals surface area contributed by atoms with Gasteiger partial charge in [0.2, 0.25) is 0 Å². The predicted molar refractivity (Wildman–Crippen MR) is 235 cm³/mol. The minimum absolute atomic E-state index is 0.0346. The molecule has 336 valence electrons. The Hall–Kier alpha value is -0.480. The number of alkyl halides is 3. The summed E-state index contributed by atoms with van der Waals surface area (Å²) in [7, 11) is -1.64. The molecule has 5 unspecified atom stereocenters. The van der Waals surface area contributed by atoms with E-state index in [0.717, 1.165) is 64.5 Å². The zero-order chi connectivity index (χ0) is 43.2. The molecule has 2 saturated carbocycles. The van der Waals surface area contributed by atoms with Crippen LogP contribution in [0.15, 0.2) is 18.2 Å². The number of ether oxygens (including phenoxy) is 1. The number of nitrogens with zero attached hydrogens (tertiary/aromatic N) is 2. The Kier molecular flexibility index (Phi) is 15.1. The van der Waals surface area contributed by atoms with Crippen LogP contribution in [0.4, 0.5) is 18.0 Å². The van der Waals surface area contributed by atoms with Gasteiger partial charge in [0.1, 0.15) is 16.8 Å². The second kappa shape index (κ2) is 18.6. The fourth-order valence-corrected chi connectivity index (χ4v) is 14.8. The van der Waals surface area contributed by atoms with Crippen LogP contribution in [-0.4, -0.2) is 90.6 Å². The summed E-state index contributed by atoms with van der Waals surface area (Å²) in [5.74, 6) is -2.33. The first-order chi connectivity index (χ1) is 27.5. The molecular weight excluding hydrogens is 838 g/mol. The van der Waals surface area contributed by atoms with Gasteiger partial charge in [-0.1, -0.05) is 76.3 Å². The summed E-state index contributed by atoms with van der Waals surface area (Å²) in [5, 5.41) is -3.00. The molecule has 1 amide bonds. The maximum atomic E-state index is 14.2. The van der Waals surface area contributed by atoms with Gasteiger partial charge in [-0.25, -0.2) is 22.5 Å². The zero-order valence-corrected chi connectivity index (χ0v) is 39.8. The van der Waals surface area contributed by atoms with Crippen LogP contribution < -0.4 is 4.74 Å². The first-order valence-corrected chi connectivity index (χ1v) is 26.1. The summed E-state index contributed by atoms with van der Waals surface area (Å²) >= 11 is -1.33. The quantitative estimate of drug-likeness (QED) is 0.132. The van der Waals surface area contributed by atoms with E-state index < -0.39 is 48.0 Å². The van der Waals surface area contributed by atoms with Crippen LogP contribution in [0.5, 0.6) is 5.75 Å². The SMILES string of the molecule is CC(CC[C@@H]1Cc2cc(OC(=O)N3CCC(N4CCCCC4)CC3)ccc2[C@@]2(C)CC[C@]3(C)[C@@H](OP(=O)(O)O)CC[C@@]3(C)[C@H]12)CC(C)[S+]([O-])CCCC(F)(F)C(F)(P)P. The molecular formula is C43H70F3N2O7P3S. The molecule has 3 aliphatic carbocycles. The van der Waals surface area contributed by atoms with Gasteiger partial charge >= 0.3 is 13.9 Å². The number of hydrogen-bond donors (Lipinski definition) is 2. The summed E-state index contributed by atoms with van der Waals surface area (Å²) in [4.78, 5) is 37.8. The Morgan fingerprint density at radius 2 is 1.69 bits per heavy atom. The number of benzene rings is 1. The van der Waals surface area contributed by atoms with Crippen molar-refractivity contribution in [1.29, 1.82) is 0 Å². The van der Waals surface area contributed by atoms with Gasteiger partial charge in [0.15, 0.2) is 5.15 Å². The van der Waals surface area contributed by atoms with E-state index in [0.29, 0.717) is 37.7 Å². The number of carbonyl (C=O) groups is 1. The van der Waals surface area contributed by atoms with E-state index in [4.69, 9.17) is 9.26 Å². The number of rotatable bonds is 15. The fraction of sp³-hybridized carbons (Fsp3) is 0.837. The topological polar surface area (TPSA) is 123 Å². The van der Waals surface area contributed by atoms with Crippen LogP contribution >= 0.6 is 26.3 Å². The maximum absolute atomic E-state index is 14.2. The number of piperidine rings is 2. The molecule has 2 saturated heterocycles. The molecule has 16 heteroatoms. The maximum Gasteiger partial charge on any atom is 0.469 e. The molecule has 0 spiro atoms. The summed E-state index contributed by atoms with van der Waals surface area (Å²) in [5.41, 5.74) is 1.45. The van der Waals surface area contributed by atoms with Crippen LogP contribution in [0.2, 0.25) is 0 Å². The second-order valence-electron chi connectivity index (χ2n) is 19.7. The van der Waals surface area contributed by atoms with E-state index in [1.165, 1.54) is 48.9 Å². The van der Waals surface area contributed by atoms with Crippen LogP contribution in [0.25, 0.3) is 0 Å². The molecule has 6 rings (SSSR count). The van der Waals surface area contributed by atoms with Crippen LogP contribution in [0.1, 0.15) is 136 Å². The summed E-state index contributed by atoms with van der Waals surface area (Å²) < 4.78 is 79.2. The monoisotopic (exact) mass is 908 g/mol. The van der Waals surface area contributed by atoms with Crippen molar-refractivity contribution in [1.82, 2.24) is 9.80 Å². The first kappa shape index (κ1) is 48.0. The lowest BCUT2D eigenvalue weighted by Crippen LogP contribution is -2.60. The Morgan fingerprint density at radius 3 is 2.34 bits per heavy atom. The largest absolute Gasteiger partial charge is 0.616 e. The van der Waals surface area contributed by atoms with Gasteiger partial charge in [-0.05, 0) is 149 Å². The van der Waals surface area contributed by atoms with Gasteiger partial charge in [0.05, 0.1) is 6.10 Å². The van der Waals surface area contributed by atoms with Gasteiger partial charge in [-0.2, -0.15) is 0 Å².